The summed E-state index contributed by atoms with van der Waals surface area (Å²) in [5, 5.41) is 76.4. The Morgan fingerprint density at radius 1 is 0.420 bits per heavy atom. The predicted molar refractivity (Wildman–Crippen MR) is 339 cm³/mol. The number of hydrogen-bond donors (Lipinski definition) is 8. The minimum Gasteiger partial charge on any atom is -0.394 e. The predicted octanol–water partition coefficient (Wildman–Crippen LogP) is 16.8. The first-order chi connectivity index (χ1) is 39.7. The van der Waals surface area contributed by atoms with Gasteiger partial charge in [-0.3, -0.25) is 4.79 Å². The summed E-state index contributed by atoms with van der Waals surface area (Å²) in [6.07, 6.45) is 62.7. The molecule has 1 fully saturated rings. The Labute approximate surface area is 499 Å². The van der Waals surface area contributed by atoms with E-state index in [-0.39, 0.29) is 12.8 Å². The van der Waals surface area contributed by atoms with E-state index in [0.717, 1.165) is 38.5 Å². The fraction of sp³-hybridized carbons (Fsp3) is 0.929. The van der Waals surface area contributed by atoms with Crippen molar-refractivity contribution in [2.45, 2.75) is 403 Å². The minimum atomic E-state index is -1.67. The van der Waals surface area contributed by atoms with Gasteiger partial charge in [0.1, 0.15) is 36.6 Å². The molecule has 1 amide bonds. The zero-order chi connectivity index (χ0) is 58.9. The first-order valence-electron chi connectivity index (χ1n) is 35.2. The number of rotatable bonds is 62. The zero-order valence-corrected chi connectivity index (χ0v) is 53.0. The standard InChI is InChI=1S/C70H135NO10/c1-3-5-7-9-11-13-15-17-19-21-23-25-26-27-28-29-30-31-32-33-34-35-36-37-38-40-42-44-46-48-50-52-54-56-58-63(74)69(79)71-61(60-80-70-68(78)67(77)66(76)64(59-72)81-70)65(75)62(73)57-55-53-51-49-47-45-43-41-39-24-22-20-18-16-14-12-10-8-6-4-2/h29-30,49,51,61-68,70,72-78H,3-28,31-48,50,52-60H2,1-2H3,(H,71,79)/b30-29-,51-49+. The molecule has 0 aromatic carbocycles. The number of aliphatic hydroxyl groups excluding tert-OH is 7. The van der Waals surface area contributed by atoms with E-state index in [4.69, 9.17) is 9.47 Å². The molecule has 1 aliphatic rings. The second-order valence-corrected chi connectivity index (χ2v) is 25.0. The number of ether oxygens (including phenoxy) is 2. The summed E-state index contributed by atoms with van der Waals surface area (Å²) >= 11 is 0. The van der Waals surface area contributed by atoms with Gasteiger partial charge in [0, 0.05) is 0 Å². The maximum absolute atomic E-state index is 13.2. The quantitative estimate of drug-likeness (QED) is 0.0215. The molecule has 0 aliphatic carbocycles. The molecule has 0 spiro atoms. The van der Waals surface area contributed by atoms with Gasteiger partial charge in [-0.05, 0) is 64.2 Å². The Hall–Kier alpha value is -1.41. The summed E-state index contributed by atoms with van der Waals surface area (Å²) < 4.78 is 11.2. The van der Waals surface area contributed by atoms with Gasteiger partial charge in [0.2, 0.25) is 5.91 Å². The third-order valence-electron chi connectivity index (χ3n) is 17.2. The van der Waals surface area contributed by atoms with Crippen molar-refractivity contribution in [3.8, 4) is 0 Å². The maximum Gasteiger partial charge on any atom is 0.249 e. The highest BCUT2D eigenvalue weighted by atomic mass is 16.7. The fourth-order valence-corrected chi connectivity index (χ4v) is 11.6. The molecule has 480 valence electrons. The molecule has 1 heterocycles. The molecular formula is C70H135NO10. The van der Waals surface area contributed by atoms with Crippen LogP contribution in [0.25, 0.3) is 0 Å². The maximum atomic E-state index is 13.2. The first-order valence-corrected chi connectivity index (χ1v) is 35.2. The Morgan fingerprint density at radius 3 is 1.06 bits per heavy atom. The lowest BCUT2D eigenvalue weighted by molar-refractivity contribution is -0.303. The fourth-order valence-electron chi connectivity index (χ4n) is 11.6. The lowest BCUT2D eigenvalue weighted by Gasteiger charge is -2.40. The van der Waals surface area contributed by atoms with Crippen molar-refractivity contribution < 1.29 is 50.0 Å². The molecule has 1 aliphatic heterocycles. The number of aliphatic hydroxyl groups is 7. The second-order valence-electron chi connectivity index (χ2n) is 25.0. The van der Waals surface area contributed by atoms with Gasteiger partial charge in [-0.1, -0.05) is 308 Å². The van der Waals surface area contributed by atoms with E-state index in [9.17, 15) is 40.5 Å². The molecule has 0 bridgehead atoms. The molecule has 0 aromatic rings. The minimum absolute atomic E-state index is 0.257. The molecule has 0 saturated carbocycles. The summed E-state index contributed by atoms with van der Waals surface area (Å²) in [6, 6.07) is -1.18. The summed E-state index contributed by atoms with van der Waals surface area (Å²) in [5.74, 6) is -0.700. The van der Waals surface area contributed by atoms with Crippen molar-refractivity contribution in [1.29, 1.82) is 0 Å². The van der Waals surface area contributed by atoms with Gasteiger partial charge < -0.3 is 50.5 Å². The van der Waals surface area contributed by atoms with Gasteiger partial charge in [-0.15, -0.1) is 0 Å². The van der Waals surface area contributed by atoms with Crippen LogP contribution in [0.5, 0.6) is 0 Å². The van der Waals surface area contributed by atoms with Crippen LogP contribution in [0, 0.1) is 0 Å². The molecular weight excluding hydrogens is 1010 g/mol. The highest BCUT2D eigenvalue weighted by molar-refractivity contribution is 5.80. The smallest absolute Gasteiger partial charge is 0.249 e. The average Bonchev–Trinajstić information content (AvgIpc) is 3.49. The topological polar surface area (TPSA) is 189 Å². The van der Waals surface area contributed by atoms with Gasteiger partial charge in [0.15, 0.2) is 6.29 Å². The van der Waals surface area contributed by atoms with Gasteiger partial charge >= 0.3 is 0 Å². The Morgan fingerprint density at radius 2 is 0.728 bits per heavy atom. The molecule has 81 heavy (non-hydrogen) atoms. The van der Waals surface area contributed by atoms with Gasteiger partial charge in [0.05, 0.1) is 25.4 Å². The lowest BCUT2D eigenvalue weighted by Crippen LogP contribution is -2.60. The number of nitrogens with one attached hydrogen (secondary N) is 1. The van der Waals surface area contributed by atoms with E-state index < -0.39 is 74.2 Å². The van der Waals surface area contributed by atoms with Crippen molar-refractivity contribution in [3.05, 3.63) is 24.3 Å². The van der Waals surface area contributed by atoms with Gasteiger partial charge in [0.25, 0.3) is 0 Å². The normalized spacial score (nSPS) is 19.2. The number of carbonyl (C=O) groups excluding carboxylic acids is 1. The van der Waals surface area contributed by atoms with Crippen molar-refractivity contribution in [2.75, 3.05) is 13.2 Å². The zero-order valence-electron chi connectivity index (χ0n) is 53.0. The van der Waals surface area contributed by atoms with Crippen LogP contribution < -0.4 is 5.32 Å². The van der Waals surface area contributed by atoms with Crippen molar-refractivity contribution in [2.24, 2.45) is 0 Å². The van der Waals surface area contributed by atoms with E-state index >= 15 is 0 Å². The number of carbonyl (C=O) groups is 1. The number of unbranched alkanes of at least 4 members (excludes halogenated alkanes) is 46. The highest BCUT2D eigenvalue weighted by Crippen LogP contribution is 2.24. The third-order valence-corrected chi connectivity index (χ3v) is 17.2. The molecule has 0 aromatic heterocycles. The molecule has 1 rings (SSSR count). The number of hydrogen-bond acceptors (Lipinski definition) is 10. The van der Waals surface area contributed by atoms with Crippen LogP contribution in [0.15, 0.2) is 24.3 Å². The third kappa shape index (κ3) is 46.5. The molecule has 9 atom stereocenters. The van der Waals surface area contributed by atoms with Crippen LogP contribution in [0.2, 0.25) is 0 Å². The Bertz CT molecular complexity index is 1370. The average molecular weight is 1150 g/mol. The molecule has 0 radical (unpaired) electrons. The van der Waals surface area contributed by atoms with E-state index in [0.29, 0.717) is 12.8 Å². The second kappa shape index (κ2) is 58.9. The van der Waals surface area contributed by atoms with Crippen LogP contribution in [-0.2, 0) is 14.3 Å². The molecule has 11 heteroatoms. The van der Waals surface area contributed by atoms with Crippen LogP contribution in [0.3, 0.4) is 0 Å². The van der Waals surface area contributed by atoms with E-state index in [2.05, 4.69) is 43.5 Å². The summed E-state index contributed by atoms with van der Waals surface area (Å²) in [6.45, 7) is 3.50. The number of amides is 1. The Balaban J connectivity index is 2.17. The van der Waals surface area contributed by atoms with Crippen molar-refractivity contribution in [1.82, 2.24) is 5.32 Å². The monoisotopic (exact) mass is 1150 g/mol. The Kier molecular flexibility index (Phi) is 56.5. The lowest BCUT2D eigenvalue weighted by atomic mass is 9.98. The van der Waals surface area contributed by atoms with Crippen LogP contribution in [-0.4, -0.2) is 110 Å². The summed E-state index contributed by atoms with van der Waals surface area (Å²) in [5.41, 5.74) is 0. The highest BCUT2D eigenvalue weighted by Gasteiger charge is 2.44. The van der Waals surface area contributed by atoms with Crippen LogP contribution >= 0.6 is 0 Å². The van der Waals surface area contributed by atoms with Crippen molar-refractivity contribution in [3.63, 3.8) is 0 Å². The van der Waals surface area contributed by atoms with Crippen LogP contribution in [0.4, 0.5) is 0 Å². The summed E-state index contributed by atoms with van der Waals surface area (Å²) in [4.78, 5) is 13.2. The van der Waals surface area contributed by atoms with Gasteiger partial charge in [-0.25, -0.2) is 0 Å². The molecule has 9 unspecified atom stereocenters. The molecule has 11 nitrogen and oxygen atoms in total. The molecule has 1 saturated heterocycles. The van der Waals surface area contributed by atoms with E-state index in [1.165, 1.54) is 270 Å². The van der Waals surface area contributed by atoms with E-state index in [1.54, 1.807) is 0 Å². The first kappa shape index (κ1) is 77.6. The number of allylic oxidation sites excluding steroid dienone is 4. The van der Waals surface area contributed by atoms with Crippen LogP contribution in [0.1, 0.15) is 348 Å². The van der Waals surface area contributed by atoms with E-state index in [1.807, 2.05) is 0 Å². The largest absolute Gasteiger partial charge is 0.394 e. The van der Waals surface area contributed by atoms with Gasteiger partial charge in [-0.2, -0.15) is 0 Å². The summed E-state index contributed by atoms with van der Waals surface area (Å²) in [7, 11) is 0. The SMILES string of the molecule is CCCCCCCCCCCCCCCC/C=C\CCCCCCCCCCCCCCCCCCC(O)C(=O)NC(COC1OC(CO)C(O)C(O)C1O)C(O)C(O)CCC/C=C/CCCCCCCCCCCCCCCCC. The van der Waals surface area contributed by atoms with Crippen molar-refractivity contribution >= 4 is 5.91 Å². The molecule has 8 N–H and O–H groups in total.